The van der Waals surface area contributed by atoms with E-state index in [9.17, 15) is 19.2 Å². The van der Waals surface area contributed by atoms with E-state index >= 15 is 0 Å². The lowest BCUT2D eigenvalue weighted by atomic mass is 10.1. The molecule has 0 aromatic heterocycles. The molecule has 8 heteroatoms. The summed E-state index contributed by atoms with van der Waals surface area (Å²) in [5.74, 6) is -1.36. The van der Waals surface area contributed by atoms with E-state index in [0.29, 0.717) is 28.1 Å². The first-order valence-corrected chi connectivity index (χ1v) is 16.4. The topological polar surface area (TPSA) is 116 Å². The van der Waals surface area contributed by atoms with Gasteiger partial charge in [0.05, 0.1) is 13.1 Å². The van der Waals surface area contributed by atoms with E-state index in [1.807, 2.05) is 55.5 Å². The van der Waals surface area contributed by atoms with Crippen LogP contribution in [0.3, 0.4) is 0 Å². The summed E-state index contributed by atoms with van der Waals surface area (Å²) in [7, 11) is 0. The Morgan fingerprint density at radius 1 is 0.660 bits per heavy atom. The molecule has 0 saturated carbocycles. The van der Waals surface area contributed by atoms with Crippen LogP contribution in [-0.2, 0) is 14.4 Å². The van der Waals surface area contributed by atoms with Crippen molar-refractivity contribution in [3.8, 4) is 12.8 Å². The van der Waals surface area contributed by atoms with E-state index in [4.69, 9.17) is 0 Å². The molecule has 0 spiro atoms. The number of hydrogen-bond acceptors (Lipinski definition) is 4. The molecule has 264 valence electrons. The summed E-state index contributed by atoms with van der Waals surface area (Å²) < 4.78 is 0. The molecule has 0 heterocycles. The van der Waals surface area contributed by atoms with Crippen LogP contribution in [0.4, 0.5) is 11.4 Å². The van der Waals surface area contributed by atoms with Gasteiger partial charge in [-0.2, -0.15) is 0 Å². The Morgan fingerprint density at radius 2 is 1.08 bits per heavy atom. The Labute approximate surface area is 298 Å². The van der Waals surface area contributed by atoms with Crippen molar-refractivity contribution in [2.45, 2.75) is 54.4 Å². The Bertz CT molecular complexity index is 1610. The minimum Gasteiger partial charge on any atom is -0.343 e. The minimum atomic E-state index is -0.393. The molecule has 0 fully saturated rings. The third-order valence-corrected chi connectivity index (χ3v) is 6.25. The highest BCUT2D eigenvalue weighted by Gasteiger charge is 2.11. The zero-order valence-electron chi connectivity index (χ0n) is 30.3. The monoisotopic (exact) mass is 676 g/mol. The maximum Gasteiger partial charge on any atom is 0.251 e. The number of amides is 4. The molecule has 0 aliphatic heterocycles. The van der Waals surface area contributed by atoms with Gasteiger partial charge in [0.2, 0.25) is 11.8 Å². The highest BCUT2D eigenvalue weighted by molar-refractivity contribution is 6.01. The van der Waals surface area contributed by atoms with Crippen molar-refractivity contribution in [2.75, 3.05) is 23.7 Å². The number of anilines is 2. The van der Waals surface area contributed by atoms with Gasteiger partial charge in [0.1, 0.15) is 0 Å². The summed E-state index contributed by atoms with van der Waals surface area (Å²) >= 11 is 0. The fourth-order valence-electron chi connectivity index (χ4n) is 3.84. The molecule has 0 bridgehead atoms. The van der Waals surface area contributed by atoms with Crippen molar-refractivity contribution in [1.82, 2.24) is 10.6 Å². The van der Waals surface area contributed by atoms with Gasteiger partial charge >= 0.3 is 0 Å². The van der Waals surface area contributed by atoms with Gasteiger partial charge in [-0.25, -0.2) is 0 Å². The zero-order valence-corrected chi connectivity index (χ0v) is 30.3. The molecule has 3 aromatic rings. The predicted molar refractivity (Wildman–Crippen MR) is 211 cm³/mol. The van der Waals surface area contributed by atoms with Crippen molar-refractivity contribution in [3.63, 3.8) is 0 Å². The number of terminal acetylenes is 1. The molecule has 50 heavy (non-hydrogen) atoms. The summed E-state index contributed by atoms with van der Waals surface area (Å²) in [5, 5.41) is 10.7. The summed E-state index contributed by atoms with van der Waals surface area (Å²) in [6.45, 7) is 19.0. The van der Waals surface area contributed by atoms with Crippen LogP contribution in [0, 0.1) is 19.8 Å². The Morgan fingerprint density at radius 3 is 1.48 bits per heavy atom. The molecule has 8 nitrogen and oxygen atoms in total. The SMILES string of the molecule is C#C.C=C/C(C)=C(\C=C)C(=O)NCC(=O)Nc1ccc(/C=C/c2ccc(NC(=O)CNC(=O)c3ccccc3C)cc2)cc1.CCC.CCC. The first kappa shape index (κ1) is 44.1. The van der Waals surface area contributed by atoms with E-state index in [1.54, 1.807) is 49.4 Å². The standard InChI is InChI=1S/C34H34N4O4.2C3H8.C2H2/c1-5-23(3)29(6-2)33(41)35-21-31(39)37-27-17-13-25(14-18-27)11-12-26-15-19-28(20-16-26)38-32(40)22-36-34(42)30-10-8-7-9-24(30)4;2*1-3-2;1-2/h5-20H,1-2,21-22H2,3-4H3,(H,35,41)(H,36,42)(H,37,39)(H,38,40);2*3H2,1-2H3;1-2H/b12-11+,29-23+;;;. The second-order valence-corrected chi connectivity index (χ2v) is 10.8. The number of carbonyl (C=O) groups is 4. The summed E-state index contributed by atoms with van der Waals surface area (Å²) in [4.78, 5) is 49.0. The molecule has 3 rings (SSSR count). The Hall–Kier alpha value is -5.94. The minimum absolute atomic E-state index is 0.136. The second-order valence-electron chi connectivity index (χ2n) is 10.8. The summed E-state index contributed by atoms with van der Waals surface area (Å²) in [6, 6.07) is 21.7. The van der Waals surface area contributed by atoms with Gasteiger partial charge in [-0.3, -0.25) is 19.2 Å². The zero-order chi connectivity index (χ0) is 37.9. The lowest BCUT2D eigenvalue weighted by Crippen LogP contribution is -2.33. The maximum atomic E-state index is 12.3. The first-order valence-electron chi connectivity index (χ1n) is 16.4. The van der Waals surface area contributed by atoms with Crippen LogP contribution in [0.1, 0.15) is 74.5 Å². The molecule has 0 saturated heterocycles. The quantitative estimate of drug-likeness (QED) is 0.0668. The van der Waals surface area contributed by atoms with Crippen molar-refractivity contribution in [2.24, 2.45) is 0 Å². The molecule has 0 aliphatic rings. The van der Waals surface area contributed by atoms with Crippen LogP contribution in [0.2, 0.25) is 0 Å². The van der Waals surface area contributed by atoms with Gasteiger partial charge < -0.3 is 21.3 Å². The highest BCUT2D eigenvalue weighted by Crippen LogP contribution is 2.15. The van der Waals surface area contributed by atoms with E-state index in [1.165, 1.54) is 18.9 Å². The number of rotatable bonds is 12. The van der Waals surface area contributed by atoms with E-state index in [-0.39, 0.29) is 30.8 Å². The number of aryl methyl sites for hydroxylation is 1. The van der Waals surface area contributed by atoms with E-state index in [2.05, 4.69) is 75.0 Å². The van der Waals surface area contributed by atoms with Crippen LogP contribution in [0.25, 0.3) is 12.2 Å². The smallest absolute Gasteiger partial charge is 0.251 e. The molecule has 3 aromatic carbocycles. The molecule has 4 amide bonds. The number of benzene rings is 3. The number of allylic oxidation sites excluding steroid dienone is 2. The van der Waals surface area contributed by atoms with Crippen molar-refractivity contribution in [1.29, 1.82) is 0 Å². The van der Waals surface area contributed by atoms with Crippen LogP contribution in [0.15, 0.2) is 109 Å². The van der Waals surface area contributed by atoms with Crippen LogP contribution in [-0.4, -0.2) is 36.7 Å². The number of nitrogens with one attached hydrogen (secondary N) is 4. The van der Waals surface area contributed by atoms with Crippen molar-refractivity contribution in [3.05, 3.63) is 132 Å². The molecular formula is C42H52N4O4. The van der Waals surface area contributed by atoms with E-state index < -0.39 is 5.91 Å². The Balaban J connectivity index is 0.00000275. The summed E-state index contributed by atoms with van der Waals surface area (Å²) in [5.41, 5.74) is 5.48. The van der Waals surface area contributed by atoms with Gasteiger partial charge in [-0.15, -0.1) is 12.8 Å². The van der Waals surface area contributed by atoms with Gasteiger partial charge in [0.25, 0.3) is 11.8 Å². The normalized spacial score (nSPS) is 10.2. The molecule has 0 atom stereocenters. The van der Waals surface area contributed by atoms with E-state index in [0.717, 1.165) is 16.7 Å². The van der Waals surface area contributed by atoms with Crippen molar-refractivity contribution < 1.29 is 19.2 Å². The number of carbonyl (C=O) groups excluding carboxylic acids is 4. The van der Waals surface area contributed by atoms with Gasteiger partial charge in [-0.1, -0.05) is 120 Å². The maximum absolute atomic E-state index is 12.3. The molecule has 0 unspecified atom stereocenters. The van der Waals surface area contributed by atoms with Crippen LogP contribution < -0.4 is 21.3 Å². The first-order chi connectivity index (χ1) is 24.0. The number of hydrogen-bond donors (Lipinski definition) is 4. The lowest BCUT2D eigenvalue weighted by molar-refractivity contribution is -0.121. The van der Waals surface area contributed by atoms with Crippen LogP contribution >= 0.6 is 0 Å². The summed E-state index contributed by atoms with van der Waals surface area (Å²) in [6.07, 6.45) is 17.3. The van der Waals surface area contributed by atoms with Gasteiger partial charge in [0.15, 0.2) is 0 Å². The third-order valence-electron chi connectivity index (χ3n) is 6.25. The van der Waals surface area contributed by atoms with Crippen LogP contribution in [0.5, 0.6) is 0 Å². The molecule has 0 radical (unpaired) electrons. The fourth-order valence-corrected chi connectivity index (χ4v) is 3.84. The second kappa shape index (κ2) is 26.1. The predicted octanol–water partition coefficient (Wildman–Crippen LogP) is 8.36. The molecule has 4 N–H and O–H groups in total. The highest BCUT2D eigenvalue weighted by atomic mass is 16.2. The van der Waals surface area contributed by atoms with Gasteiger partial charge in [0, 0.05) is 22.5 Å². The largest absolute Gasteiger partial charge is 0.343 e. The van der Waals surface area contributed by atoms with Gasteiger partial charge in [-0.05, 0) is 66.4 Å². The fraction of sp³-hybridized carbons (Fsp3) is 0.238. The molecular weight excluding hydrogens is 624 g/mol. The Kier molecular flexibility index (Phi) is 23.0. The average molecular weight is 677 g/mol. The lowest BCUT2D eigenvalue weighted by Gasteiger charge is -2.09. The van der Waals surface area contributed by atoms with Crippen molar-refractivity contribution >= 4 is 47.2 Å². The third kappa shape index (κ3) is 17.3. The molecule has 0 aliphatic carbocycles. The average Bonchev–Trinajstić information content (AvgIpc) is 3.12.